The number of aromatic nitrogens is 1. The second kappa shape index (κ2) is 2.99. The molecule has 0 radical (unpaired) electrons. The summed E-state index contributed by atoms with van der Waals surface area (Å²) in [5.41, 5.74) is 6.44. The molecule has 2 rings (SSSR count). The highest BCUT2D eigenvalue weighted by molar-refractivity contribution is 6.07. The molecule has 4 heteroatoms. The van der Waals surface area contributed by atoms with Crippen molar-refractivity contribution in [2.75, 3.05) is 6.54 Å². The Kier molecular flexibility index (Phi) is 1.83. The van der Waals surface area contributed by atoms with E-state index in [4.69, 9.17) is 10.3 Å². The van der Waals surface area contributed by atoms with Gasteiger partial charge in [-0.3, -0.25) is 4.79 Å². The molecule has 0 spiro atoms. The maximum absolute atomic E-state index is 11.3. The molecule has 0 saturated carbocycles. The topological polar surface area (TPSA) is 69.1 Å². The standard InChI is InChI=1S/C9H8N2O2/c10-4-8(12)6-2-1-3-9-7(6)5-11-13-9/h1-3,5H,4,10H2. The fourth-order valence-electron chi connectivity index (χ4n) is 1.25. The average Bonchev–Trinajstić information content (AvgIpc) is 2.63. The van der Waals surface area contributed by atoms with Gasteiger partial charge in [0.25, 0.3) is 0 Å². The van der Waals surface area contributed by atoms with Gasteiger partial charge in [0.05, 0.1) is 18.1 Å². The quantitative estimate of drug-likeness (QED) is 0.692. The summed E-state index contributed by atoms with van der Waals surface area (Å²) in [5.74, 6) is -0.103. The van der Waals surface area contributed by atoms with Crippen molar-refractivity contribution < 1.29 is 9.32 Å². The minimum atomic E-state index is -0.103. The highest BCUT2D eigenvalue weighted by Gasteiger charge is 2.09. The maximum Gasteiger partial charge on any atom is 0.177 e. The Morgan fingerprint density at radius 3 is 3.15 bits per heavy atom. The highest BCUT2D eigenvalue weighted by Crippen LogP contribution is 2.17. The Morgan fingerprint density at radius 1 is 1.54 bits per heavy atom. The van der Waals surface area contributed by atoms with Crippen LogP contribution in [0.15, 0.2) is 28.9 Å². The van der Waals surface area contributed by atoms with Crippen LogP contribution in [0.3, 0.4) is 0 Å². The summed E-state index contributed by atoms with van der Waals surface area (Å²) < 4.78 is 4.91. The van der Waals surface area contributed by atoms with Crippen LogP contribution in [0, 0.1) is 0 Å². The SMILES string of the molecule is NCC(=O)c1cccc2oncc12. The van der Waals surface area contributed by atoms with Gasteiger partial charge in [-0.05, 0) is 6.07 Å². The lowest BCUT2D eigenvalue weighted by Gasteiger charge is -1.96. The lowest BCUT2D eigenvalue weighted by molar-refractivity contribution is 0.100. The largest absolute Gasteiger partial charge is 0.356 e. The molecule has 66 valence electrons. The molecular weight excluding hydrogens is 168 g/mol. The first kappa shape index (κ1) is 7.94. The van der Waals surface area contributed by atoms with Crippen molar-refractivity contribution in [3.63, 3.8) is 0 Å². The summed E-state index contributed by atoms with van der Waals surface area (Å²) in [4.78, 5) is 11.3. The normalized spacial score (nSPS) is 10.5. The second-order valence-electron chi connectivity index (χ2n) is 2.67. The van der Waals surface area contributed by atoms with E-state index in [1.807, 2.05) is 0 Å². The molecular formula is C9H8N2O2. The number of carbonyl (C=O) groups excluding carboxylic acids is 1. The molecule has 0 fully saturated rings. The fourth-order valence-corrected chi connectivity index (χ4v) is 1.25. The Bertz CT molecular complexity index is 448. The molecule has 13 heavy (non-hydrogen) atoms. The van der Waals surface area contributed by atoms with Gasteiger partial charge in [0.2, 0.25) is 0 Å². The number of benzene rings is 1. The van der Waals surface area contributed by atoms with Gasteiger partial charge in [-0.1, -0.05) is 17.3 Å². The molecule has 0 aliphatic carbocycles. The zero-order chi connectivity index (χ0) is 9.26. The molecule has 0 bridgehead atoms. The van der Waals surface area contributed by atoms with Gasteiger partial charge in [-0.15, -0.1) is 0 Å². The van der Waals surface area contributed by atoms with E-state index in [9.17, 15) is 4.79 Å². The van der Waals surface area contributed by atoms with E-state index >= 15 is 0 Å². The van der Waals surface area contributed by atoms with E-state index in [1.54, 1.807) is 18.2 Å². The molecule has 0 amide bonds. The minimum absolute atomic E-state index is 0.00426. The molecule has 1 aromatic heterocycles. The highest BCUT2D eigenvalue weighted by atomic mass is 16.5. The van der Waals surface area contributed by atoms with E-state index in [0.29, 0.717) is 11.1 Å². The maximum atomic E-state index is 11.3. The number of nitrogens with two attached hydrogens (primary N) is 1. The third kappa shape index (κ3) is 1.21. The molecule has 0 aliphatic heterocycles. The van der Waals surface area contributed by atoms with Crippen molar-refractivity contribution in [3.05, 3.63) is 30.0 Å². The van der Waals surface area contributed by atoms with Gasteiger partial charge in [0.15, 0.2) is 11.4 Å². The van der Waals surface area contributed by atoms with Crippen LogP contribution in [-0.2, 0) is 0 Å². The lowest BCUT2D eigenvalue weighted by Crippen LogP contribution is -2.13. The van der Waals surface area contributed by atoms with Crippen molar-refractivity contribution in [3.8, 4) is 0 Å². The molecule has 0 aliphatic rings. The fraction of sp³-hybridized carbons (Fsp3) is 0.111. The second-order valence-corrected chi connectivity index (χ2v) is 2.67. The van der Waals surface area contributed by atoms with Crippen LogP contribution in [0.25, 0.3) is 11.0 Å². The zero-order valence-electron chi connectivity index (χ0n) is 6.86. The predicted octanol–water partition coefficient (Wildman–Crippen LogP) is 0.969. The number of hydrogen-bond donors (Lipinski definition) is 1. The number of carbonyl (C=O) groups is 1. The summed E-state index contributed by atoms with van der Waals surface area (Å²) >= 11 is 0. The van der Waals surface area contributed by atoms with Crippen molar-refractivity contribution in [2.45, 2.75) is 0 Å². The number of Topliss-reactive ketones (excluding diaryl/α,β-unsaturated/α-hetero) is 1. The van der Waals surface area contributed by atoms with E-state index in [2.05, 4.69) is 5.16 Å². The van der Waals surface area contributed by atoms with Crippen LogP contribution < -0.4 is 5.73 Å². The number of ketones is 1. The van der Waals surface area contributed by atoms with Crippen LogP contribution in [0.1, 0.15) is 10.4 Å². The van der Waals surface area contributed by atoms with Crippen LogP contribution in [-0.4, -0.2) is 17.5 Å². The first-order valence-corrected chi connectivity index (χ1v) is 3.89. The number of hydrogen-bond acceptors (Lipinski definition) is 4. The average molecular weight is 176 g/mol. The Balaban J connectivity index is 2.67. The van der Waals surface area contributed by atoms with E-state index in [1.165, 1.54) is 6.20 Å². The minimum Gasteiger partial charge on any atom is -0.356 e. The molecule has 2 N–H and O–H groups in total. The Hall–Kier alpha value is -1.68. The van der Waals surface area contributed by atoms with Gasteiger partial charge in [0, 0.05) is 5.56 Å². The van der Waals surface area contributed by atoms with E-state index < -0.39 is 0 Å². The van der Waals surface area contributed by atoms with Crippen molar-refractivity contribution >= 4 is 16.8 Å². The lowest BCUT2D eigenvalue weighted by atomic mass is 10.1. The summed E-state index contributed by atoms with van der Waals surface area (Å²) in [6.45, 7) is 0.00426. The third-order valence-electron chi connectivity index (χ3n) is 1.88. The molecule has 4 nitrogen and oxygen atoms in total. The number of rotatable bonds is 2. The van der Waals surface area contributed by atoms with Gasteiger partial charge in [-0.2, -0.15) is 0 Å². The zero-order valence-corrected chi connectivity index (χ0v) is 6.86. The number of fused-ring (bicyclic) bond motifs is 1. The van der Waals surface area contributed by atoms with E-state index in [-0.39, 0.29) is 12.3 Å². The van der Waals surface area contributed by atoms with Gasteiger partial charge in [0.1, 0.15) is 0 Å². The van der Waals surface area contributed by atoms with Gasteiger partial charge in [-0.25, -0.2) is 0 Å². The Morgan fingerprint density at radius 2 is 2.38 bits per heavy atom. The van der Waals surface area contributed by atoms with Gasteiger partial charge < -0.3 is 10.3 Å². The summed E-state index contributed by atoms with van der Waals surface area (Å²) in [6, 6.07) is 5.22. The molecule has 2 aromatic rings. The number of nitrogens with zero attached hydrogens (tertiary/aromatic N) is 1. The van der Waals surface area contributed by atoms with Gasteiger partial charge >= 0.3 is 0 Å². The molecule has 1 aromatic carbocycles. The van der Waals surface area contributed by atoms with Crippen LogP contribution in [0.4, 0.5) is 0 Å². The van der Waals surface area contributed by atoms with Crippen molar-refractivity contribution in [1.82, 2.24) is 5.16 Å². The smallest absolute Gasteiger partial charge is 0.177 e. The monoisotopic (exact) mass is 176 g/mol. The van der Waals surface area contributed by atoms with Crippen LogP contribution in [0.2, 0.25) is 0 Å². The molecule has 0 atom stereocenters. The first-order valence-electron chi connectivity index (χ1n) is 3.89. The molecule has 0 saturated heterocycles. The summed E-state index contributed by atoms with van der Waals surface area (Å²) in [6.07, 6.45) is 1.53. The van der Waals surface area contributed by atoms with Crippen molar-refractivity contribution in [2.24, 2.45) is 5.73 Å². The van der Waals surface area contributed by atoms with E-state index in [0.717, 1.165) is 5.39 Å². The first-order chi connectivity index (χ1) is 6.33. The molecule has 0 unspecified atom stereocenters. The predicted molar refractivity (Wildman–Crippen MR) is 47.4 cm³/mol. The van der Waals surface area contributed by atoms with Crippen LogP contribution >= 0.6 is 0 Å². The summed E-state index contributed by atoms with van der Waals surface area (Å²) in [5, 5.41) is 4.33. The third-order valence-corrected chi connectivity index (χ3v) is 1.88. The molecule has 1 heterocycles. The van der Waals surface area contributed by atoms with Crippen LogP contribution in [0.5, 0.6) is 0 Å². The summed E-state index contributed by atoms with van der Waals surface area (Å²) in [7, 11) is 0. The van der Waals surface area contributed by atoms with Crippen molar-refractivity contribution in [1.29, 1.82) is 0 Å². The Labute approximate surface area is 74.3 Å².